The SMILES string of the molecule is CC[C@H]1OC(=O)[C@H](C)[C@@H](O)[C@H](C)[C@@H](O[C@@H]2O[C@H](C)C[C@H](N(C)C)[C@H]2O)[C@](C)(OC)C[C@@H](C)/C(=N\OCCc2ccccc2)[C@H](C)[C@@H](O)[C@]1(C)O. The van der Waals surface area contributed by atoms with Gasteiger partial charge in [0, 0.05) is 37.3 Å². The quantitative estimate of drug-likeness (QED) is 0.169. The molecule has 0 aromatic heterocycles. The van der Waals surface area contributed by atoms with Gasteiger partial charge in [-0.2, -0.15) is 0 Å². The molecule has 2 saturated heterocycles. The molecule has 2 aliphatic heterocycles. The van der Waals surface area contributed by atoms with Crippen LogP contribution in [0.15, 0.2) is 35.5 Å². The molecule has 50 heavy (non-hydrogen) atoms. The molecule has 0 unspecified atom stereocenters. The van der Waals surface area contributed by atoms with Crippen molar-refractivity contribution in [2.45, 2.75) is 141 Å². The standard InChI is InChI=1S/C38H64N2O10/c1-12-29-38(8,45)33(43)24(4)30(39-47-19-18-27-16-14-13-15-17-27)22(2)21-37(7,46-11)34(25(5)31(41)26(6)35(44)49-29)50-36-32(42)28(40(9)10)20-23(3)48-36/h13-17,22-26,28-29,31-34,36,41-43,45H,12,18-21H2,1-11H3/b39-30+/t22-,23-,24+,25+,26-,28+,29-,31+,32-,33-,34-,36+,37-,38-/m1/s1. The highest BCUT2D eigenvalue weighted by molar-refractivity contribution is 5.88. The summed E-state index contributed by atoms with van der Waals surface area (Å²) in [5.41, 5.74) is -1.45. The lowest BCUT2D eigenvalue weighted by Gasteiger charge is -2.48. The number of ether oxygens (including phenoxy) is 4. The van der Waals surface area contributed by atoms with E-state index < -0.39 is 77.7 Å². The average molecular weight is 709 g/mol. The maximum atomic E-state index is 13.6. The van der Waals surface area contributed by atoms with Gasteiger partial charge in [0.05, 0.1) is 41.6 Å². The molecule has 0 aliphatic carbocycles. The van der Waals surface area contributed by atoms with Gasteiger partial charge in [-0.3, -0.25) is 4.79 Å². The molecule has 3 rings (SSSR count). The molecule has 0 radical (unpaired) electrons. The number of oxime groups is 1. The summed E-state index contributed by atoms with van der Waals surface area (Å²) in [4.78, 5) is 21.4. The van der Waals surface area contributed by atoms with Crippen LogP contribution in [0, 0.1) is 23.7 Å². The summed E-state index contributed by atoms with van der Waals surface area (Å²) in [6, 6.07) is 9.64. The molecular weight excluding hydrogens is 644 g/mol. The van der Waals surface area contributed by atoms with Crippen LogP contribution in [0.25, 0.3) is 0 Å². The van der Waals surface area contributed by atoms with Crippen molar-refractivity contribution < 1.29 is 49.0 Å². The van der Waals surface area contributed by atoms with Crippen molar-refractivity contribution in [3.05, 3.63) is 35.9 Å². The van der Waals surface area contributed by atoms with Gasteiger partial charge in [0.1, 0.15) is 24.4 Å². The monoisotopic (exact) mass is 708 g/mol. The number of cyclic esters (lactones) is 1. The number of benzene rings is 1. The Kier molecular flexibility index (Phi) is 15.3. The van der Waals surface area contributed by atoms with E-state index in [1.165, 1.54) is 6.92 Å². The highest BCUT2D eigenvalue weighted by Crippen LogP contribution is 2.39. The Labute approximate surface area is 299 Å². The van der Waals surface area contributed by atoms with Crippen LogP contribution >= 0.6 is 0 Å². The van der Waals surface area contributed by atoms with Crippen LogP contribution in [0.1, 0.15) is 80.2 Å². The van der Waals surface area contributed by atoms with Gasteiger partial charge in [-0.05, 0) is 66.6 Å². The number of hydrogen-bond donors (Lipinski definition) is 4. The Bertz CT molecular complexity index is 1230. The van der Waals surface area contributed by atoms with Crippen molar-refractivity contribution >= 4 is 11.7 Å². The predicted octanol–water partition coefficient (Wildman–Crippen LogP) is 3.56. The third-order valence-corrected chi connectivity index (χ3v) is 11.1. The lowest BCUT2D eigenvalue weighted by molar-refractivity contribution is -0.301. The van der Waals surface area contributed by atoms with Crippen molar-refractivity contribution in [3.8, 4) is 0 Å². The minimum absolute atomic E-state index is 0.214. The number of likely N-dealkylation sites (N-methyl/N-ethyl adjacent to an activating group) is 1. The fourth-order valence-electron chi connectivity index (χ4n) is 7.70. The summed E-state index contributed by atoms with van der Waals surface area (Å²) in [7, 11) is 5.34. The zero-order valence-electron chi connectivity index (χ0n) is 32.0. The lowest BCUT2D eigenvalue weighted by Crippen LogP contribution is -2.60. The largest absolute Gasteiger partial charge is 0.459 e. The molecule has 2 fully saturated rings. The van der Waals surface area contributed by atoms with Crippen LogP contribution < -0.4 is 0 Å². The van der Waals surface area contributed by atoms with Gasteiger partial charge >= 0.3 is 5.97 Å². The molecule has 1 aromatic rings. The molecule has 0 saturated carbocycles. The zero-order chi connectivity index (χ0) is 37.6. The second kappa shape index (κ2) is 18.1. The fraction of sp³-hybridized carbons (Fsp3) is 0.789. The van der Waals surface area contributed by atoms with E-state index >= 15 is 0 Å². The summed E-state index contributed by atoms with van der Waals surface area (Å²) >= 11 is 0. The van der Waals surface area contributed by atoms with E-state index in [2.05, 4.69) is 5.16 Å². The summed E-state index contributed by atoms with van der Waals surface area (Å²) in [6.07, 6.45) is -5.23. The third kappa shape index (κ3) is 9.83. The Morgan fingerprint density at radius 2 is 1.64 bits per heavy atom. The topological polar surface area (TPSA) is 160 Å². The smallest absolute Gasteiger partial charge is 0.311 e. The van der Waals surface area contributed by atoms with Crippen molar-refractivity contribution in [1.82, 2.24) is 4.90 Å². The van der Waals surface area contributed by atoms with Crippen LogP contribution in [0.3, 0.4) is 0 Å². The predicted molar refractivity (Wildman–Crippen MR) is 190 cm³/mol. The lowest BCUT2D eigenvalue weighted by atomic mass is 9.73. The first-order valence-corrected chi connectivity index (χ1v) is 18.1. The zero-order valence-corrected chi connectivity index (χ0v) is 32.0. The number of esters is 1. The van der Waals surface area contributed by atoms with E-state index in [-0.39, 0.29) is 31.6 Å². The van der Waals surface area contributed by atoms with Gasteiger partial charge in [-0.1, -0.05) is 63.2 Å². The molecule has 0 bridgehead atoms. The molecule has 286 valence electrons. The maximum Gasteiger partial charge on any atom is 0.311 e. The molecule has 2 heterocycles. The maximum absolute atomic E-state index is 13.6. The number of aliphatic hydroxyl groups excluding tert-OH is 3. The van der Waals surface area contributed by atoms with E-state index in [0.717, 1.165) is 5.56 Å². The van der Waals surface area contributed by atoms with Gasteiger partial charge in [0.15, 0.2) is 6.29 Å². The average Bonchev–Trinajstić information content (AvgIpc) is 3.08. The first-order valence-electron chi connectivity index (χ1n) is 18.1. The summed E-state index contributed by atoms with van der Waals surface area (Å²) in [5.74, 6) is -3.62. The van der Waals surface area contributed by atoms with Crippen molar-refractivity contribution in [2.24, 2.45) is 28.8 Å². The number of nitrogens with zero attached hydrogens (tertiary/aromatic N) is 2. The van der Waals surface area contributed by atoms with Gasteiger partial charge in [0.25, 0.3) is 0 Å². The summed E-state index contributed by atoms with van der Waals surface area (Å²) in [5, 5.41) is 51.2. The number of hydrogen-bond acceptors (Lipinski definition) is 12. The number of aliphatic hydroxyl groups is 4. The molecule has 14 atom stereocenters. The Morgan fingerprint density at radius 1 is 1.00 bits per heavy atom. The van der Waals surface area contributed by atoms with Crippen LogP contribution in [0.4, 0.5) is 0 Å². The van der Waals surface area contributed by atoms with Gasteiger partial charge < -0.3 is 49.1 Å². The van der Waals surface area contributed by atoms with Crippen molar-refractivity contribution in [1.29, 1.82) is 0 Å². The second-order valence-corrected chi connectivity index (χ2v) is 15.3. The number of carbonyl (C=O) groups excluding carboxylic acids is 1. The molecule has 0 spiro atoms. The van der Waals surface area contributed by atoms with E-state index in [9.17, 15) is 25.2 Å². The van der Waals surface area contributed by atoms with Crippen LogP contribution in [0.5, 0.6) is 0 Å². The molecule has 4 N–H and O–H groups in total. The van der Waals surface area contributed by atoms with Crippen LogP contribution in [0.2, 0.25) is 0 Å². The molecule has 1 aromatic carbocycles. The van der Waals surface area contributed by atoms with Crippen molar-refractivity contribution in [3.63, 3.8) is 0 Å². The highest BCUT2D eigenvalue weighted by atomic mass is 16.7. The summed E-state index contributed by atoms with van der Waals surface area (Å²) in [6.45, 7) is 14.3. The van der Waals surface area contributed by atoms with E-state index in [0.29, 0.717) is 18.6 Å². The number of carbonyl (C=O) groups is 1. The molecule has 2 aliphatic rings. The Balaban J connectivity index is 2.10. The number of methoxy groups -OCH3 is 1. The fourth-order valence-corrected chi connectivity index (χ4v) is 7.70. The van der Waals surface area contributed by atoms with E-state index in [1.807, 2.05) is 70.1 Å². The molecule has 0 amide bonds. The Hall–Kier alpha value is -2.16. The highest BCUT2D eigenvalue weighted by Gasteiger charge is 2.51. The number of rotatable bonds is 9. The molecule has 12 nitrogen and oxygen atoms in total. The second-order valence-electron chi connectivity index (χ2n) is 15.3. The first kappa shape index (κ1) is 42.3. The van der Waals surface area contributed by atoms with Gasteiger partial charge in [-0.25, -0.2) is 0 Å². The van der Waals surface area contributed by atoms with Gasteiger partial charge in [-0.15, -0.1) is 0 Å². The van der Waals surface area contributed by atoms with E-state index in [4.69, 9.17) is 23.8 Å². The third-order valence-electron chi connectivity index (χ3n) is 11.1. The minimum Gasteiger partial charge on any atom is -0.459 e. The molecule has 12 heteroatoms. The van der Waals surface area contributed by atoms with E-state index in [1.54, 1.807) is 34.8 Å². The van der Waals surface area contributed by atoms with Gasteiger partial charge in [0.2, 0.25) is 0 Å². The Morgan fingerprint density at radius 3 is 2.22 bits per heavy atom. The van der Waals surface area contributed by atoms with Crippen LogP contribution in [-0.2, 0) is 35.0 Å². The normalized spacial score (nSPS) is 41.8. The molecular formula is C38H64N2O10. The van der Waals surface area contributed by atoms with Crippen LogP contribution in [-0.4, -0.2) is 125 Å². The first-order chi connectivity index (χ1) is 23.4. The minimum atomic E-state index is -1.86. The summed E-state index contributed by atoms with van der Waals surface area (Å²) < 4.78 is 24.9. The van der Waals surface area contributed by atoms with Crippen molar-refractivity contribution in [2.75, 3.05) is 27.8 Å².